The lowest BCUT2D eigenvalue weighted by molar-refractivity contribution is 0.0261. The summed E-state index contributed by atoms with van der Waals surface area (Å²) in [6.45, 7) is 3.44. The first-order valence-corrected chi connectivity index (χ1v) is 9.70. The number of piperidine rings is 2. The van der Waals surface area contributed by atoms with Gasteiger partial charge in [-0.15, -0.1) is 0 Å². The highest BCUT2D eigenvalue weighted by Gasteiger charge is 2.30. The number of nitrogens with zero attached hydrogens (tertiary/aromatic N) is 4. The summed E-state index contributed by atoms with van der Waals surface area (Å²) in [7, 11) is 0. The molecule has 0 bridgehead atoms. The summed E-state index contributed by atoms with van der Waals surface area (Å²) in [5.41, 5.74) is 2.74. The molecular weight excluding hydrogens is 308 g/mol. The number of hydrogen-bond donors (Lipinski definition) is 0. The van der Waals surface area contributed by atoms with Crippen LogP contribution in [0.5, 0.6) is 0 Å². The molecule has 4 rings (SSSR count). The lowest BCUT2D eigenvalue weighted by Gasteiger charge is -2.43. The van der Waals surface area contributed by atoms with Crippen LogP contribution in [0.3, 0.4) is 0 Å². The van der Waals surface area contributed by atoms with Crippen LogP contribution in [-0.2, 0) is 0 Å². The van der Waals surface area contributed by atoms with E-state index in [1.165, 1.54) is 62.7 Å². The first-order valence-electron chi connectivity index (χ1n) is 9.70. The maximum absolute atomic E-state index is 4.36. The van der Waals surface area contributed by atoms with Crippen molar-refractivity contribution in [2.75, 3.05) is 19.8 Å². The van der Waals surface area contributed by atoms with Crippen molar-refractivity contribution in [3.8, 4) is 0 Å². The van der Waals surface area contributed by atoms with Gasteiger partial charge in [0, 0.05) is 36.9 Å². The summed E-state index contributed by atoms with van der Waals surface area (Å²) >= 11 is 0. The lowest BCUT2D eigenvalue weighted by Crippen LogP contribution is -2.45. The van der Waals surface area contributed by atoms with Gasteiger partial charge in [0.15, 0.2) is 0 Å². The van der Waals surface area contributed by atoms with E-state index in [1.807, 2.05) is 12.4 Å². The molecule has 132 valence electrons. The quantitative estimate of drug-likeness (QED) is 0.838. The predicted molar refractivity (Wildman–Crippen MR) is 99.9 cm³/mol. The largest absolute Gasteiger partial charge is 0.283 e. The predicted octanol–water partition coefficient (Wildman–Crippen LogP) is 4.19. The second kappa shape index (κ2) is 8.07. The number of likely N-dealkylation sites (tertiary alicyclic amines) is 2. The van der Waals surface area contributed by atoms with E-state index < -0.39 is 0 Å². The number of aromatic nitrogens is 2. The van der Waals surface area contributed by atoms with Crippen LogP contribution in [0.1, 0.15) is 61.7 Å². The van der Waals surface area contributed by atoms with E-state index in [-0.39, 0.29) is 0 Å². The molecule has 0 radical (unpaired) electrons. The minimum absolute atomic E-state index is 0.513. The highest BCUT2D eigenvalue weighted by molar-refractivity contribution is 5.16. The molecule has 4 heterocycles. The molecule has 0 amide bonds. The highest BCUT2D eigenvalue weighted by atomic mass is 15.3. The number of pyridine rings is 2. The maximum Gasteiger partial charge on any atom is 0.0517 e. The Morgan fingerprint density at radius 2 is 1.28 bits per heavy atom. The second-order valence-electron chi connectivity index (χ2n) is 7.36. The fraction of sp³-hybridized carbons (Fsp3) is 0.524. The van der Waals surface area contributed by atoms with E-state index in [9.17, 15) is 0 Å². The van der Waals surface area contributed by atoms with Gasteiger partial charge in [-0.25, -0.2) is 0 Å². The fourth-order valence-corrected chi connectivity index (χ4v) is 4.45. The van der Waals surface area contributed by atoms with Crippen molar-refractivity contribution >= 4 is 0 Å². The molecule has 2 aromatic heterocycles. The van der Waals surface area contributed by atoms with Gasteiger partial charge in [-0.1, -0.05) is 25.0 Å². The minimum Gasteiger partial charge on any atom is -0.283 e. The summed E-state index contributed by atoms with van der Waals surface area (Å²) in [5, 5.41) is 0. The standard InChI is InChI=1S/C21H28N4/c1-3-13-24(20(9-1)18-7-5-11-22-15-18)17-25-14-4-2-10-21(25)19-8-6-12-23-16-19/h5-8,11-12,15-16,20-21H,1-4,9-10,13-14,17H2/t20-,21-/m0/s1. The van der Waals surface area contributed by atoms with Crippen molar-refractivity contribution in [2.45, 2.75) is 50.6 Å². The zero-order valence-corrected chi connectivity index (χ0v) is 14.9. The average Bonchev–Trinajstić information content (AvgIpc) is 2.70. The molecule has 0 saturated carbocycles. The van der Waals surface area contributed by atoms with E-state index in [1.54, 1.807) is 0 Å². The third-order valence-corrected chi connectivity index (χ3v) is 5.73. The Morgan fingerprint density at radius 1 is 0.760 bits per heavy atom. The van der Waals surface area contributed by atoms with E-state index in [4.69, 9.17) is 0 Å². The fourth-order valence-electron chi connectivity index (χ4n) is 4.45. The molecule has 0 spiro atoms. The Kier molecular flexibility index (Phi) is 5.38. The van der Waals surface area contributed by atoms with Crippen LogP contribution in [0.2, 0.25) is 0 Å². The van der Waals surface area contributed by atoms with Crippen LogP contribution >= 0.6 is 0 Å². The van der Waals surface area contributed by atoms with Crippen molar-refractivity contribution in [1.29, 1.82) is 0 Å². The van der Waals surface area contributed by atoms with Gasteiger partial charge in [0.2, 0.25) is 0 Å². The molecule has 0 aliphatic carbocycles. The molecule has 2 fully saturated rings. The Balaban J connectivity index is 1.52. The monoisotopic (exact) mass is 336 g/mol. The van der Waals surface area contributed by atoms with Gasteiger partial charge in [-0.2, -0.15) is 0 Å². The minimum atomic E-state index is 0.513. The summed E-state index contributed by atoms with van der Waals surface area (Å²) in [5.74, 6) is 0. The van der Waals surface area contributed by atoms with Crippen molar-refractivity contribution in [3.05, 3.63) is 60.2 Å². The normalized spacial score (nSPS) is 25.8. The van der Waals surface area contributed by atoms with Crippen molar-refractivity contribution in [1.82, 2.24) is 19.8 Å². The van der Waals surface area contributed by atoms with E-state index >= 15 is 0 Å². The molecule has 0 unspecified atom stereocenters. The SMILES string of the molecule is c1cncc([C@@H]2CCCCN2CN2CCCC[C@H]2c2cccnc2)c1. The Bertz CT molecular complexity index is 588. The van der Waals surface area contributed by atoms with Gasteiger partial charge in [0.25, 0.3) is 0 Å². The molecule has 25 heavy (non-hydrogen) atoms. The van der Waals surface area contributed by atoms with Gasteiger partial charge >= 0.3 is 0 Å². The third kappa shape index (κ3) is 3.91. The molecule has 0 N–H and O–H groups in total. The number of hydrogen-bond acceptors (Lipinski definition) is 4. The van der Waals surface area contributed by atoms with Gasteiger partial charge in [0.1, 0.15) is 0 Å². The molecule has 2 aromatic rings. The van der Waals surface area contributed by atoms with E-state index in [0.717, 1.165) is 6.67 Å². The van der Waals surface area contributed by atoms with Crippen LogP contribution < -0.4 is 0 Å². The van der Waals surface area contributed by atoms with Crippen LogP contribution in [0.4, 0.5) is 0 Å². The Morgan fingerprint density at radius 3 is 1.72 bits per heavy atom. The second-order valence-corrected chi connectivity index (χ2v) is 7.36. The van der Waals surface area contributed by atoms with Gasteiger partial charge < -0.3 is 0 Å². The Hall–Kier alpha value is -1.78. The smallest absolute Gasteiger partial charge is 0.0517 e. The van der Waals surface area contributed by atoms with Gasteiger partial charge in [0.05, 0.1) is 6.67 Å². The van der Waals surface area contributed by atoms with Gasteiger partial charge in [-0.05, 0) is 62.0 Å². The summed E-state index contributed by atoms with van der Waals surface area (Å²) in [6.07, 6.45) is 15.6. The summed E-state index contributed by atoms with van der Waals surface area (Å²) in [4.78, 5) is 14.1. The highest BCUT2D eigenvalue weighted by Crippen LogP contribution is 2.35. The van der Waals surface area contributed by atoms with Crippen molar-refractivity contribution in [3.63, 3.8) is 0 Å². The first-order chi connectivity index (χ1) is 12.4. The Labute approximate surface area is 150 Å². The average molecular weight is 336 g/mol. The molecule has 4 nitrogen and oxygen atoms in total. The molecule has 0 aromatic carbocycles. The molecule has 2 aliphatic heterocycles. The molecule has 2 atom stereocenters. The topological polar surface area (TPSA) is 32.3 Å². The molecule has 2 saturated heterocycles. The van der Waals surface area contributed by atoms with E-state index in [0.29, 0.717) is 12.1 Å². The maximum atomic E-state index is 4.36. The zero-order chi connectivity index (χ0) is 16.9. The van der Waals surface area contributed by atoms with Crippen molar-refractivity contribution < 1.29 is 0 Å². The first kappa shape index (κ1) is 16.7. The van der Waals surface area contributed by atoms with Crippen LogP contribution in [0.15, 0.2) is 49.1 Å². The van der Waals surface area contributed by atoms with Crippen LogP contribution in [0.25, 0.3) is 0 Å². The van der Waals surface area contributed by atoms with Crippen molar-refractivity contribution in [2.24, 2.45) is 0 Å². The molecular formula is C21H28N4. The zero-order valence-electron chi connectivity index (χ0n) is 14.9. The van der Waals surface area contributed by atoms with Crippen LogP contribution in [0, 0.1) is 0 Å². The van der Waals surface area contributed by atoms with E-state index in [2.05, 4.69) is 56.4 Å². The number of rotatable bonds is 4. The lowest BCUT2D eigenvalue weighted by atomic mass is 9.95. The van der Waals surface area contributed by atoms with Gasteiger partial charge in [-0.3, -0.25) is 19.8 Å². The van der Waals surface area contributed by atoms with Crippen LogP contribution in [-0.4, -0.2) is 39.5 Å². The summed E-state index contributed by atoms with van der Waals surface area (Å²) in [6, 6.07) is 9.65. The molecule has 2 aliphatic rings. The summed E-state index contributed by atoms with van der Waals surface area (Å²) < 4.78 is 0. The molecule has 4 heteroatoms. The third-order valence-electron chi connectivity index (χ3n) is 5.73.